The van der Waals surface area contributed by atoms with Gasteiger partial charge >= 0.3 is 0 Å². The average Bonchev–Trinajstić information content (AvgIpc) is 3.19. The summed E-state index contributed by atoms with van der Waals surface area (Å²) in [6, 6.07) is 16.0. The number of hydrogen-bond donors (Lipinski definition) is 1. The van der Waals surface area contributed by atoms with E-state index in [1.165, 1.54) is 185 Å². The number of rotatable bonds is 37. The molecule has 5 heteroatoms. The van der Waals surface area contributed by atoms with E-state index in [0.29, 0.717) is 4.90 Å². The lowest BCUT2D eigenvalue weighted by molar-refractivity contribution is 0.295. The molecule has 0 aromatic heterocycles. The number of benzene rings is 2. The molecule has 0 aliphatic heterocycles. The van der Waals surface area contributed by atoms with Gasteiger partial charge in [-0.1, -0.05) is 217 Å². The average molecular weight is 766 g/mol. The van der Waals surface area contributed by atoms with Crippen LogP contribution in [0.25, 0.3) is 12.2 Å². The molecule has 0 spiro atoms. The second kappa shape index (κ2) is 33.1. The molecule has 2 aromatic rings. The molecule has 0 unspecified atom stereocenters. The number of sulfone groups is 1. The third-order valence-electron chi connectivity index (χ3n) is 11.1. The Labute approximate surface area is 334 Å². The Kier molecular flexibility index (Phi) is 29.4. The highest BCUT2D eigenvalue weighted by molar-refractivity contribution is 7.91. The van der Waals surface area contributed by atoms with Crippen LogP contribution >= 0.6 is 0 Å². The van der Waals surface area contributed by atoms with Crippen molar-refractivity contribution in [2.75, 3.05) is 30.3 Å². The second-order valence-electron chi connectivity index (χ2n) is 16.1. The van der Waals surface area contributed by atoms with E-state index < -0.39 is 9.84 Å². The normalized spacial score (nSPS) is 11.9. The summed E-state index contributed by atoms with van der Waals surface area (Å²) in [7, 11) is -3.35. The van der Waals surface area contributed by atoms with Crippen LogP contribution in [-0.4, -0.2) is 39.0 Å². The molecule has 2 aromatic carbocycles. The highest BCUT2D eigenvalue weighted by Gasteiger charge is 2.13. The Morgan fingerprint density at radius 3 is 1.09 bits per heavy atom. The van der Waals surface area contributed by atoms with Gasteiger partial charge in [-0.25, -0.2) is 8.42 Å². The Balaban J connectivity index is 1.77. The molecule has 1 N–H and O–H groups in total. The molecule has 0 heterocycles. The zero-order valence-electron chi connectivity index (χ0n) is 35.2. The summed E-state index contributed by atoms with van der Waals surface area (Å²) >= 11 is 0. The minimum absolute atomic E-state index is 0.0269. The SMILES string of the molecule is CCCCCCCCCCCCCCCCN(CCCCCCCCCCCCCCCC)c1ccc(C=Cc2ccc(S(=O)(=O)CCCO)cc2)cc1. The molecule has 0 saturated heterocycles. The molecule has 0 fully saturated rings. The number of nitrogens with zero attached hydrogens (tertiary/aromatic N) is 1. The molecule has 0 radical (unpaired) electrons. The monoisotopic (exact) mass is 766 g/mol. The van der Waals surface area contributed by atoms with Gasteiger partial charge in [-0.2, -0.15) is 0 Å². The Morgan fingerprint density at radius 2 is 0.759 bits per heavy atom. The van der Waals surface area contributed by atoms with Crippen molar-refractivity contribution in [3.05, 3.63) is 59.7 Å². The predicted molar refractivity (Wildman–Crippen MR) is 238 cm³/mol. The van der Waals surface area contributed by atoms with Crippen molar-refractivity contribution in [2.45, 2.75) is 205 Å². The zero-order chi connectivity index (χ0) is 38.8. The summed E-state index contributed by atoms with van der Waals surface area (Å²) < 4.78 is 24.8. The van der Waals surface area contributed by atoms with Crippen LogP contribution in [0.1, 0.15) is 211 Å². The predicted octanol–water partition coefficient (Wildman–Crippen LogP) is 14.8. The summed E-state index contributed by atoms with van der Waals surface area (Å²) in [6.07, 6.45) is 43.4. The van der Waals surface area contributed by atoms with Gasteiger partial charge in [0.25, 0.3) is 0 Å². The molecule has 0 bridgehead atoms. The molecule has 2 rings (SSSR count). The number of anilines is 1. The van der Waals surface area contributed by atoms with Crippen LogP contribution in [0, 0.1) is 0 Å². The topological polar surface area (TPSA) is 57.6 Å². The molecular weight excluding hydrogens is 683 g/mol. The van der Waals surface area contributed by atoms with Gasteiger partial charge < -0.3 is 10.0 Å². The summed E-state index contributed by atoms with van der Waals surface area (Å²) in [5, 5.41) is 9.01. The molecule has 308 valence electrons. The van der Waals surface area contributed by atoms with Crippen LogP contribution < -0.4 is 4.90 Å². The van der Waals surface area contributed by atoms with Gasteiger partial charge in [0.05, 0.1) is 10.6 Å². The van der Waals surface area contributed by atoms with E-state index in [2.05, 4.69) is 49.1 Å². The first kappa shape index (κ1) is 48.0. The highest BCUT2D eigenvalue weighted by Crippen LogP contribution is 2.21. The van der Waals surface area contributed by atoms with E-state index in [9.17, 15) is 8.42 Å². The highest BCUT2D eigenvalue weighted by atomic mass is 32.2. The van der Waals surface area contributed by atoms with Gasteiger partial charge in [0.2, 0.25) is 0 Å². The van der Waals surface area contributed by atoms with E-state index >= 15 is 0 Å². The maximum atomic E-state index is 12.4. The first-order chi connectivity index (χ1) is 26.5. The van der Waals surface area contributed by atoms with Crippen molar-refractivity contribution in [3.8, 4) is 0 Å². The smallest absolute Gasteiger partial charge is 0.178 e. The van der Waals surface area contributed by atoms with Gasteiger partial charge in [0.1, 0.15) is 0 Å². The number of unbranched alkanes of at least 4 members (excludes halogenated alkanes) is 26. The molecule has 0 atom stereocenters. The van der Waals surface area contributed by atoms with Crippen molar-refractivity contribution < 1.29 is 13.5 Å². The molecular formula is C49H83NO3S. The van der Waals surface area contributed by atoms with Crippen molar-refractivity contribution in [1.29, 1.82) is 0 Å². The summed E-state index contributed by atoms with van der Waals surface area (Å²) in [5.74, 6) is -0.0269. The lowest BCUT2D eigenvalue weighted by atomic mass is 10.0. The van der Waals surface area contributed by atoms with Crippen LogP contribution in [0.5, 0.6) is 0 Å². The first-order valence-electron chi connectivity index (χ1n) is 23.0. The van der Waals surface area contributed by atoms with Gasteiger partial charge in [0.15, 0.2) is 9.84 Å². The van der Waals surface area contributed by atoms with Crippen molar-refractivity contribution in [3.63, 3.8) is 0 Å². The Bertz CT molecular complexity index is 1220. The Hall–Kier alpha value is -2.11. The lowest BCUT2D eigenvalue weighted by Gasteiger charge is -2.25. The summed E-state index contributed by atoms with van der Waals surface area (Å²) in [4.78, 5) is 2.94. The second-order valence-corrected chi connectivity index (χ2v) is 18.2. The van der Waals surface area contributed by atoms with E-state index in [-0.39, 0.29) is 18.8 Å². The van der Waals surface area contributed by atoms with Crippen LogP contribution in [0.4, 0.5) is 5.69 Å². The van der Waals surface area contributed by atoms with Crippen LogP contribution in [0.2, 0.25) is 0 Å². The van der Waals surface area contributed by atoms with Crippen LogP contribution in [-0.2, 0) is 9.84 Å². The fourth-order valence-electron chi connectivity index (χ4n) is 7.51. The van der Waals surface area contributed by atoms with Crippen LogP contribution in [0.15, 0.2) is 53.4 Å². The van der Waals surface area contributed by atoms with Crippen molar-refractivity contribution >= 4 is 27.7 Å². The van der Waals surface area contributed by atoms with Crippen molar-refractivity contribution in [1.82, 2.24) is 0 Å². The molecule has 54 heavy (non-hydrogen) atoms. The van der Waals surface area contributed by atoms with Crippen LogP contribution in [0.3, 0.4) is 0 Å². The van der Waals surface area contributed by atoms with E-state index in [0.717, 1.165) is 24.2 Å². The molecule has 4 nitrogen and oxygen atoms in total. The maximum Gasteiger partial charge on any atom is 0.178 e. The van der Waals surface area contributed by atoms with Crippen molar-refractivity contribution in [2.24, 2.45) is 0 Å². The number of hydrogen-bond acceptors (Lipinski definition) is 4. The van der Waals surface area contributed by atoms with E-state index in [1.54, 1.807) is 12.1 Å². The van der Waals surface area contributed by atoms with Gasteiger partial charge in [-0.3, -0.25) is 0 Å². The summed E-state index contributed by atoms with van der Waals surface area (Å²) in [6.45, 7) is 6.75. The molecule has 0 amide bonds. The van der Waals surface area contributed by atoms with Gasteiger partial charge in [-0.05, 0) is 54.7 Å². The zero-order valence-corrected chi connectivity index (χ0v) is 36.0. The molecule has 0 aliphatic rings. The third-order valence-corrected chi connectivity index (χ3v) is 12.9. The number of aliphatic hydroxyl groups is 1. The lowest BCUT2D eigenvalue weighted by Crippen LogP contribution is -2.25. The minimum Gasteiger partial charge on any atom is -0.396 e. The van der Waals surface area contributed by atoms with E-state index in [4.69, 9.17) is 5.11 Å². The van der Waals surface area contributed by atoms with Gasteiger partial charge in [-0.15, -0.1) is 0 Å². The molecule has 0 saturated carbocycles. The Morgan fingerprint density at radius 1 is 0.444 bits per heavy atom. The summed E-state index contributed by atoms with van der Waals surface area (Å²) in [5.41, 5.74) is 3.44. The maximum absolute atomic E-state index is 12.4. The number of aliphatic hydroxyl groups excluding tert-OH is 1. The fourth-order valence-corrected chi connectivity index (χ4v) is 8.81. The largest absolute Gasteiger partial charge is 0.396 e. The quantitative estimate of drug-likeness (QED) is 0.0550. The third kappa shape index (κ3) is 24.4. The molecule has 0 aliphatic carbocycles. The van der Waals surface area contributed by atoms with E-state index in [1.807, 2.05) is 18.2 Å². The fraction of sp³-hybridized carbons (Fsp3) is 0.714. The first-order valence-corrected chi connectivity index (χ1v) is 24.6. The minimum atomic E-state index is -3.35. The van der Waals surface area contributed by atoms with Gasteiger partial charge in [0, 0.05) is 25.4 Å². The standard InChI is InChI=1S/C49H83NO3S/c1-3-5-7-9-11-13-15-17-19-21-23-25-27-29-42-50(43-30-28-26-24-22-20-18-16-14-12-10-8-6-4-2)48-38-34-46(35-39-48)32-33-47-36-40-49(41-37-47)54(52,53)45-31-44-51/h32-41,51H,3-31,42-45H2,1-2H3.